The zero-order chi connectivity index (χ0) is 20.6. The van der Waals surface area contributed by atoms with Crippen molar-refractivity contribution in [2.75, 3.05) is 7.05 Å². The Morgan fingerprint density at radius 2 is 1.93 bits per heavy atom. The van der Waals surface area contributed by atoms with Crippen LogP contribution in [0.15, 0.2) is 18.2 Å². The molecule has 2 aliphatic rings. The second-order valence-corrected chi connectivity index (χ2v) is 8.71. The lowest BCUT2D eigenvalue weighted by molar-refractivity contribution is -0.137. The molecule has 1 aliphatic carbocycles. The van der Waals surface area contributed by atoms with Crippen LogP contribution in [0.4, 0.5) is 4.79 Å². The number of ketones is 1. The van der Waals surface area contributed by atoms with Crippen molar-refractivity contribution in [3.8, 4) is 0 Å². The molecule has 0 spiro atoms. The van der Waals surface area contributed by atoms with Crippen molar-refractivity contribution in [2.24, 2.45) is 11.8 Å². The van der Waals surface area contributed by atoms with Gasteiger partial charge in [0.2, 0.25) is 11.8 Å². The molecule has 1 aliphatic heterocycles. The van der Waals surface area contributed by atoms with Crippen LogP contribution in [0, 0.1) is 11.8 Å². The van der Waals surface area contributed by atoms with Gasteiger partial charge in [0.15, 0.2) is 5.78 Å². The molecule has 2 atom stereocenters. The van der Waals surface area contributed by atoms with Gasteiger partial charge in [-0.1, -0.05) is 18.2 Å². The Kier molecular flexibility index (Phi) is 5.28. The van der Waals surface area contributed by atoms with Gasteiger partial charge in [-0.15, -0.1) is 0 Å². The first kappa shape index (κ1) is 20.0. The fraction of sp³-hybridized carbons (Fsp3) is 0.524. The molecule has 1 fully saturated rings. The lowest BCUT2D eigenvalue weighted by Gasteiger charge is -2.26. The van der Waals surface area contributed by atoms with Gasteiger partial charge in [-0.05, 0) is 44.7 Å². The summed E-state index contributed by atoms with van der Waals surface area (Å²) < 4.78 is 0. The van der Waals surface area contributed by atoms with Gasteiger partial charge in [-0.2, -0.15) is 0 Å². The van der Waals surface area contributed by atoms with Gasteiger partial charge in [0, 0.05) is 43.0 Å². The van der Waals surface area contributed by atoms with Crippen molar-refractivity contribution < 1.29 is 19.2 Å². The Bertz CT molecular complexity index is 841. The minimum absolute atomic E-state index is 0.0480. The molecule has 7 heteroatoms. The van der Waals surface area contributed by atoms with Gasteiger partial charge in [-0.25, -0.2) is 4.79 Å². The van der Waals surface area contributed by atoms with Crippen molar-refractivity contribution >= 4 is 23.6 Å². The zero-order valence-corrected chi connectivity index (χ0v) is 16.8. The molecular formula is C21H27N3O4. The molecule has 4 amide bonds. The maximum atomic E-state index is 12.9. The number of fused-ring (bicyclic) bond motifs is 1. The van der Waals surface area contributed by atoms with Crippen LogP contribution in [-0.4, -0.2) is 41.1 Å². The number of rotatable bonds is 3. The average Bonchev–Trinajstić information content (AvgIpc) is 2.91. The summed E-state index contributed by atoms with van der Waals surface area (Å²) in [5, 5.41) is 5.27. The van der Waals surface area contributed by atoms with E-state index < -0.39 is 11.8 Å². The number of hydrogen-bond acceptors (Lipinski definition) is 4. The second kappa shape index (κ2) is 7.37. The summed E-state index contributed by atoms with van der Waals surface area (Å²) in [6.07, 6.45) is 1.13. The van der Waals surface area contributed by atoms with Gasteiger partial charge in [-0.3, -0.25) is 19.7 Å². The first-order valence-electron chi connectivity index (χ1n) is 9.59. The standard InChI is InChI=1S/C21H27N3O4/c1-21(2,3)23-20(28)24(4)11-12-6-5-7-13-15(12)10-16(18(13)26)14-8-9-17(25)22-19(14)27/h5-7,14,16H,8-11H2,1-4H3,(H,23,28)(H,22,25,27). The number of hydrogen-bond donors (Lipinski definition) is 2. The van der Waals surface area contributed by atoms with Crippen molar-refractivity contribution in [1.29, 1.82) is 0 Å². The number of urea groups is 1. The van der Waals surface area contributed by atoms with E-state index in [2.05, 4.69) is 10.6 Å². The van der Waals surface area contributed by atoms with E-state index >= 15 is 0 Å². The van der Waals surface area contributed by atoms with Gasteiger partial charge >= 0.3 is 6.03 Å². The lowest BCUT2D eigenvalue weighted by atomic mass is 9.83. The Morgan fingerprint density at radius 1 is 1.21 bits per heavy atom. The minimum atomic E-state index is -0.479. The summed E-state index contributed by atoms with van der Waals surface area (Å²) in [7, 11) is 1.72. The average molecular weight is 385 g/mol. The molecule has 7 nitrogen and oxygen atoms in total. The van der Waals surface area contributed by atoms with Crippen molar-refractivity contribution in [3.63, 3.8) is 0 Å². The van der Waals surface area contributed by atoms with E-state index in [9.17, 15) is 19.2 Å². The molecule has 0 saturated carbocycles. The number of imide groups is 1. The smallest absolute Gasteiger partial charge is 0.317 e. The largest absolute Gasteiger partial charge is 0.333 e. The van der Waals surface area contributed by atoms with Gasteiger partial charge in [0.05, 0.1) is 0 Å². The molecule has 3 rings (SSSR count). The Hall–Kier alpha value is -2.70. The number of nitrogens with one attached hydrogen (secondary N) is 2. The summed E-state index contributed by atoms with van der Waals surface area (Å²) in [5.41, 5.74) is 2.10. The SMILES string of the molecule is CN(Cc1cccc2c1CC(C1CCC(=O)NC1=O)C2=O)C(=O)NC(C)(C)C. The van der Waals surface area contributed by atoms with Gasteiger partial charge in [0.1, 0.15) is 0 Å². The van der Waals surface area contributed by atoms with E-state index in [4.69, 9.17) is 0 Å². The quantitative estimate of drug-likeness (QED) is 0.779. The molecule has 1 aromatic rings. The summed E-state index contributed by atoms with van der Waals surface area (Å²) in [4.78, 5) is 50.5. The molecule has 1 heterocycles. The first-order chi connectivity index (χ1) is 13.1. The Balaban J connectivity index is 1.78. The number of benzene rings is 1. The van der Waals surface area contributed by atoms with Crippen LogP contribution in [0.2, 0.25) is 0 Å². The van der Waals surface area contributed by atoms with Crippen LogP contribution < -0.4 is 10.6 Å². The molecule has 0 aromatic heterocycles. The van der Waals surface area contributed by atoms with Crippen LogP contribution in [0.1, 0.15) is 55.1 Å². The summed E-state index contributed by atoms with van der Waals surface area (Å²) >= 11 is 0. The molecule has 1 aromatic carbocycles. The number of nitrogens with zero attached hydrogens (tertiary/aromatic N) is 1. The molecular weight excluding hydrogens is 358 g/mol. The Labute approximate surface area is 164 Å². The van der Waals surface area contributed by atoms with E-state index in [1.165, 1.54) is 0 Å². The zero-order valence-electron chi connectivity index (χ0n) is 16.8. The maximum Gasteiger partial charge on any atom is 0.317 e. The highest BCUT2D eigenvalue weighted by Crippen LogP contribution is 2.36. The van der Waals surface area contributed by atoms with E-state index in [-0.39, 0.29) is 35.6 Å². The predicted molar refractivity (Wildman–Crippen MR) is 104 cm³/mol. The maximum absolute atomic E-state index is 12.9. The molecule has 150 valence electrons. The highest BCUT2D eigenvalue weighted by atomic mass is 16.2. The lowest BCUT2D eigenvalue weighted by Crippen LogP contribution is -2.46. The minimum Gasteiger partial charge on any atom is -0.333 e. The highest BCUT2D eigenvalue weighted by molar-refractivity contribution is 6.07. The van der Waals surface area contributed by atoms with E-state index in [1.54, 1.807) is 18.0 Å². The van der Waals surface area contributed by atoms with Crippen LogP contribution in [0.5, 0.6) is 0 Å². The summed E-state index contributed by atoms with van der Waals surface area (Å²) in [6.45, 7) is 6.13. The number of Topliss-reactive ketones (excluding diaryl/α,β-unsaturated/α-hetero) is 1. The predicted octanol–water partition coefficient (Wildman–Crippen LogP) is 2.03. The number of amides is 4. The van der Waals surface area contributed by atoms with Gasteiger partial charge < -0.3 is 10.2 Å². The third-order valence-corrected chi connectivity index (χ3v) is 5.30. The van der Waals surface area contributed by atoms with E-state index in [1.807, 2.05) is 32.9 Å². The molecule has 2 N–H and O–H groups in total. The third kappa shape index (κ3) is 4.08. The van der Waals surface area contributed by atoms with E-state index in [0.717, 1.165) is 11.1 Å². The molecule has 0 radical (unpaired) electrons. The fourth-order valence-corrected chi connectivity index (χ4v) is 3.93. The Morgan fingerprint density at radius 3 is 2.57 bits per heavy atom. The molecule has 0 bridgehead atoms. The topological polar surface area (TPSA) is 95.6 Å². The third-order valence-electron chi connectivity index (χ3n) is 5.30. The number of piperidine rings is 1. The summed E-state index contributed by atoms with van der Waals surface area (Å²) in [5.74, 6) is -1.61. The van der Waals surface area contributed by atoms with Crippen LogP contribution in [0.25, 0.3) is 0 Å². The van der Waals surface area contributed by atoms with Crippen molar-refractivity contribution in [3.05, 3.63) is 34.9 Å². The van der Waals surface area contributed by atoms with Crippen molar-refractivity contribution in [2.45, 2.75) is 52.1 Å². The van der Waals surface area contributed by atoms with Gasteiger partial charge in [0.25, 0.3) is 0 Å². The number of carbonyl (C=O) groups is 4. The first-order valence-corrected chi connectivity index (χ1v) is 9.59. The molecule has 28 heavy (non-hydrogen) atoms. The second-order valence-electron chi connectivity index (χ2n) is 8.71. The van der Waals surface area contributed by atoms with Crippen LogP contribution in [0.3, 0.4) is 0 Å². The monoisotopic (exact) mass is 385 g/mol. The molecule has 2 unspecified atom stereocenters. The number of carbonyl (C=O) groups excluding carboxylic acids is 4. The summed E-state index contributed by atoms with van der Waals surface area (Å²) in [6, 6.07) is 5.33. The van der Waals surface area contributed by atoms with Crippen LogP contribution in [-0.2, 0) is 22.6 Å². The molecule has 1 saturated heterocycles. The fourth-order valence-electron chi connectivity index (χ4n) is 3.93. The highest BCUT2D eigenvalue weighted by Gasteiger charge is 2.42. The van der Waals surface area contributed by atoms with E-state index in [0.29, 0.717) is 24.9 Å². The van der Waals surface area contributed by atoms with Crippen LogP contribution >= 0.6 is 0 Å². The normalized spacial score (nSPS) is 21.9. The van der Waals surface area contributed by atoms with Crippen molar-refractivity contribution in [1.82, 2.24) is 15.5 Å².